The molecule has 98 valence electrons. The van der Waals surface area contributed by atoms with Crippen LogP contribution in [0.15, 0.2) is 0 Å². The van der Waals surface area contributed by atoms with Gasteiger partial charge in [0.05, 0.1) is 0 Å². The normalized spacial score (nSPS) is 29.1. The fourth-order valence-corrected chi connectivity index (χ4v) is 2.76. The molecule has 0 spiro atoms. The van der Waals surface area contributed by atoms with Gasteiger partial charge in [0.2, 0.25) is 5.91 Å². The van der Waals surface area contributed by atoms with Gasteiger partial charge in [-0.1, -0.05) is 27.2 Å². The van der Waals surface area contributed by atoms with E-state index in [0.29, 0.717) is 17.8 Å². The molecule has 1 amide bonds. The molecule has 1 saturated carbocycles. The molecular weight excluding hydrogens is 218 g/mol. The average Bonchev–Trinajstić information content (AvgIpc) is 2.15. The lowest BCUT2D eigenvalue weighted by Gasteiger charge is -2.37. The van der Waals surface area contributed by atoms with Gasteiger partial charge < -0.3 is 10.4 Å². The molecule has 0 bridgehead atoms. The number of carbonyl (C=O) groups excluding carboxylic acids is 1. The molecule has 4 nitrogen and oxygen atoms in total. The SMILES string of the molecule is CC1CCC(C(C)C)C(NC(=O)CC(=O)O)C1. The van der Waals surface area contributed by atoms with Crippen molar-refractivity contribution in [2.75, 3.05) is 0 Å². The Hall–Kier alpha value is -1.06. The van der Waals surface area contributed by atoms with Crippen LogP contribution in [0.5, 0.6) is 0 Å². The Kier molecular flexibility index (Phi) is 4.97. The van der Waals surface area contributed by atoms with Crippen LogP contribution in [0.4, 0.5) is 0 Å². The third-order valence-electron chi connectivity index (χ3n) is 3.68. The minimum absolute atomic E-state index is 0.144. The maximum atomic E-state index is 11.5. The van der Waals surface area contributed by atoms with E-state index in [1.807, 2.05) is 0 Å². The van der Waals surface area contributed by atoms with Crippen LogP contribution in [0.2, 0.25) is 0 Å². The average molecular weight is 241 g/mol. The standard InChI is InChI=1S/C13H23NO3/c1-8(2)10-5-4-9(3)6-11(10)14-12(15)7-13(16)17/h8-11H,4-7H2,1-3H3,(H,14,15)(H,16,17). The second-order valence-corrected chi connectivity index (χ2v) is 5.57. The van der Waals surface area contributed by atoms with Gasteiger partial charge in [-0.3, -0.25) is 9.59 Å². The summed E-state index contributed by atoms with van der Waals surface area (Å²) < 4.78 is 0. The van der Waals surface area contributed by atoms with Crippen molar-refractivity contribution in [2.45, 2.75) is 52.5 Å². The van der Waals surface area contributed by atoms with Crippen LogP contribution < -0.4 is 5.32 Å². The molecule has 0 aliphatic heterocycles. The maximum Gasteiger partial charge on any atom is 0.312 e. The molecule has 0 aromatic carbocycles. The van der Waals surface area contributed by atoms with Gasteiger partial charge in [-0.05, 0) is 30.6 Å². The van der Waals surface area contributed by atoms with Crippen molar-refractivity contribution >= 4 is 11.9 Å². The van der Waals surface area contributed by atoms with Crippen LogP contribution in [-0.2, 0) is 9.59 Å². The smallest absolute Gasteiger partial charge is 0.312 e. The van der Waals surface area contributed by atoms with Gasteiger partial charge in [-0.15, -0.1) is 0 Å². The topological polar surface area (TPSA) is 66.4 Å². The third kappa shape index (κ3) is 4.36. The molecule has 0 aromatic heterocycles. The lowest BCUT2D eigenvalue weighted by molar-refractivity contribution is -0.141. The second-order valence-electron chi connectivity index (χ2n) is 5.57. The number of carboxylic acid groups (broad SMARTS) is 1. The lowest BCUT2D eigenvalue weighted by Crippen LogP contribution is -2.46. The zero-order chi connectivity index (χ0) is 13.0. The Bertz CT molecular complexity index is 288. The van der Waals surface area contributed by atoms with E-state index in [0.717, 1.165) is 12.8 Å². The quantitative estimate of drug-likeness (QED) is 0.740. The van der Waals surface area contributed by atoms with E-state index in [4.69, 9.17) is 5.11 Å². The number of carbonyl (C=O) groups is 2. The Labute approximate surface area is 103 Å². The number of aliphatic carboxylic acids is 1. The van der Waals surface area contributed by atoms with Crippen molar-refractivity contribution in [3.05, 3.63) is 0 Å². The van der Waals surface area contributed by atoms with Crippen molar-refractivity contribution < 1.29 is 14.7 Å². The molecule has 4 heteroatoms. The van der Waals surface area contributed by atoms with Gasteiger partial charge in [-0.2, -0.15) is 0 Å². The predicted octanol–water partition coefficient (Wildman–Crippen LogP) is 2.04. The summed E-state index contributed by atoms with van der Waals surface area (Å²) in [5.41, 5.74) is 0. The van der Waals surface area contributed by atoms with E-state index in [9.17, 15) is 9.59 Å². The van der Waals surface area contributed by atoms with Crippen LogP contribution in [0.3, 0.4) is 0 Å². The van der Waals surface area contributed by atoms with E-state index in [2.05, 4.69) is 26.1 Å². The van der Waals surface area contributed by atoms with E-state index >= 15 is 0 Å². The molecule has 1 aliphatic rings. The molecule has 1 rings (SSSR count). The zero-order valence-corrected chi connectivity index (χ0v) is 10.9. The molecule has 2 N–H and O–H groups in total. The fraction of sp³-hybridized carbons (Fsp3) is 0.846. The Morgan fingerprint density at radius 3 is 2.53 bits per heavy atom. The Morgan fingerprint density at radius 1 is 1.35 bits per heavy atom. The molecule has 1 fully saturated rings. The first kappa shape index (κ1) is 14.0. The van der Waals surface area contributed by atoms with Crippen molar-refractivity contribution in [3.63, 3.8) is 0 Å². The summed E-state index contributed by atoms with van der Waals surface area (Å²) in [6, 6.07) is 0.144. The van der Waals surface area contributed by atoms with Gasteiger partial charge in [0.25, 0.3) is 0 Å². The number of amides is 1. The number of carboxylic acids is 1. The highest BCUT2D eigenvalue weighted by Crippen LogP contribution is 2.33. The minimum Gasteiger partial charge on any atom is -0.481 e. The summed E-state index contributed by atoms with van der Waals surface area (Å²) in [6.07, 6.45) is 2.87. The highest BCUT2D eigenvalue weighted by atomic mass is 16.4. The Balaban J connectivity index is 2.57. The van der Waals surface area contributed by atoms with Crippen LogP contribution >= 0.6 is 0 Å². The molecule has 3 atom stereocenters. The number of hydrogen-bond donors (Lipinski definition) is 2. The first-order valence-corrected chi connectivity index (χ1v) is 6.41. The maximum absolute atomic E-state index is 11.5. The monoisotopic (exact) mass is 241 g/mol. The summed E-state index contributed by atoms with van der Waals surface area (Å²) in [4.78, 5) is 22.0. The first-order valence-electron chi connectivity index (χ1n) is 6.41. The van der Waals surface area contributed by atoms with Gasteiger partial charge >= 0.3 is 5.97 Å². The fourth-order valence-electron chi connectivity index (χ4n) is 2.76. The van der Waals surface area contributed by atoms with Crippen LogP contribution in [-0.4, -0.2) is 23.0 Å². The molecule has 1 aliphatic carbocycles. The molecular formula is C13H23NO3. The highest BCUT2D eigenvalue weighted by Gasteiger charge is 2.31. The summed E-state index contributed by atoms with van der Waals surface area (Å²) in [6.45, 7) is 6.51. The van der Waals surface area contributed by atoms with E-state index < -0.39 is 12.4 Å². The second kappa shape index (κ2) is 6.03. The van der Waals surface area contributed by atoms with Crippen molar-refractivity contribution in [1.82, 2.24) is 5.32 Å². The van der Waals surface area contributed by atoms with Crippen molar-refractivity contribution in [2.24, 2.45) is 17.8 Å². The Morgan fingerprint density at radius 2 is 2.00 bits per heavy atom. The van der Waals surface area contributed by atoms with E-state index in [-0.39, 0.29) is 11.9 Å². The van der Waals surface area contributed by atoms with E-state index in [1.54, 1.807) is 0 Å². The number of hydrogen-bond acceptors (Lipinski definition) is 2. The van der Waals surface area contributed by atoms with E-state index in [1.165, 1.54) is 6.42 Å². The molecule has 3 unspecified atom stereocenters. The van der Waals surface area contributed by atoms with Gasteiger partial charge in [0.1, 0.15) is 6.42 Å². The summed E-state index contributed by atoms with van der Waals surface area (Å²) in [7, 11) is 0. The lowest BCUT2D eigenvalue weighted by atomic mass is 9.74. The predicted molar refractivity (Wildman–Crippen MR) is 65.5 cm³/mol. The highest BCUT2D eigenvalue weighted by molar-refractivity contribution is 5.93. The van der Waals surface area contributed by atoms with Crippen LogP contribution in [0.25, 0.3) is 0 Å². The summed E-state index contributed by atoms with van der Waals surface area (Å²) >= 11 is 0. The zero-order valence-electron chi connectivity index (χ0n) is 10.9. The number of rotatable bonds is 4. The van der Waals surface area contributed by atoms with Crippen LogP contribution in [0.1, 0.15) is 46.5 Å². The van der Waals surface area contributed by atoms with Gasteiger partial charge in [-0.25, -0.2) is 0 Å². The molecule has 0 heterocycles. The van der Waals surface area contributed by atoms with Crippen molar-refractivity contribution in [3.8, 4) is 0 Å². The van der Waals surface area contributed by atoms with Crippen molar-refractivity contribution in [1.29, 1.82) is 0 Å². The first-order chi connectivity index (χ1) is 7.90. The molecule has 0 aromatic rings. The minimum atomic E-state index is -1.06. The van der Waals surface area contributed by atoms with Gasteiger partial charge in [0.15, 0.2) is 0 Å². The molecule has 0 radical (unpaired) electrons. The molecule has 17 heavy (non-hydrogen) atoms. The number of nitrogens with one attached hydrogen (secondary N) is 1. The summed E-state index contributed by atoms with van der Waals surface area (Å²) in [5, 5.41) is 11.5. The van der Waals surface area contributed by atoms with Crippen LogP contribution in [0, 0.1) is 17.8 Å². The summed E-state index contributed by atoms with van der Waals surface area (Å²) in [5.74, 6) is 0.191. The third-order valence-corrected chi connectivity index (χ3v) is 3.68. The molecule has 0 saturated heterocycles. The van der Waals surface area contributed by atoms with Gasteiger partial charge in [0, 0.05) is 6.04 Å². The largest absolute Gasteiger partial charge is 0.481 e.